The first kappa shape index (κ1) is 20.1. The number of aromatic nitrogens is 1. The Morgan fingerprint density at radius 3 is 2.47 bits per heavy atom. The largest absolute Gasteiger partial charge is 0.496 e. The number of ether oxygens (including phenoxy) is 1. The number of pyridine rings is 1. The van der Waals surface area contributed by atoms with E-state index in [1.165, 1.54) is 0 Å². The average molecular weight is 401 g/mol. The van der Waals surface area contributed by atoms with E-state index in [9.17, 15) is 4.79 Å². The lowest BCUT2D eigenvalue weighted by atomic mass is 9.92. The van der Waals surface area contributed by atoms with E-state index in [0.29, 0.717) is 12.3 Å². The van der Waals surface area contributed by atoms with Crippen molar-refractivity contribution in [3.63, 3.8) is 0 Å². The van der Waals surface area contributed by atoms with Crippen molar-refractivity contribution in [1.82, 2.24) is 9.88 Å². The summed E-state index contributed by atoms with van der Waals surface area (Å²) in [4.78, 5) is 19.6. The molecule has 0 N–H and O–H groups in total. The molecule has 0 spiro atoms. The molecule has 1 saturated heterocycles. The van der Waals surface area contributed by atoms with Crippen LogP contribution in [0.3, 0.4) is 0 Å². The normalized spacial score (nSPS) is 14.5. The minimum Gasteiger partial charge on any atom is -0.496 e. The van der Waals surface area contributed by atoms with Crippen molar-refractivity contribution >= 4 is 5.91 Å². The second-order valence-corrected chi connectivity index (χ2v) is 7.86. The summed E-state index contributed by atoms with van der Waals surface area (Å²) in [6, 6.07) is 24.4. The van der Waals surface area contributed by atoms with Crippen LogP contribution in [0.5, 0.6) is 5.75 Å². The molecule has 0 unspecified atom stereocenters. The lowest BCUT2D eigenvalue weighted by molar-refractivity contribution is -0.131. The Morgan fingerprint density at radius 2 is 1.70 bits per heavy atom. The number of methoxy groups -OCH3 is 1. The highest BCUT2D eigenvalue weighted by atomic mass is 16.5. The first-order valence-corrected chi connectivity index (χ1v) is 10.6. The Balaban J connectivity index is 1.37. The third-order valence-electron chi connectivity index (χ3n) is 5.86. The number of rotatable bonds is 6. The third kappa shape index (κ3) is 4.88. The number of hydrogen-bond donors (Lipinski definition) is 0. The van der Waals surface area contributed by atoms with E-state index >= 15 is 0 Å². The van der Waals surface area contributed by atoms with Gasteiger partial charge < -0.3 is 9.64 Å². The van der Waals surface area contributed by atoms with Gasteiger partial charge in [-0.15, -0.1) is 0 Å². The number of amides is 1. The zero-order valence-electron chi connectivity index (χ0n) is 17.5. The molecule has 4 nitrogen and oxygen atoms in total. The molecule has 4 heteroatoms. The molecule has 1 fully saturated rings. The standard InChI is InChI=1S/C26H28N2O2/c1-30-25-13-6-5-10-22(25)19-23-11-7-12-24(27-23)21-14-16-28(17-15-21)26(29)18-20-8-3-2-4-9-20/h2-13,21H,14-19H2,1H3. The maximum absolute atomic E-state index is 12.6. The molecule has 1 amide bonds. The molecule has 0 bridgehead atoms. The van der Waals surface area contributed by atoms with Crippen molar-refractivity contribution in [2.24, 2.45) is 0 Å². The zero-order chi connectivity index (χ0) is 20.8. The predicted molar refractivity (Wildman–Crippen MR) is 119 cm³/mol. The Hall–Kier alpha value is -3.14. The number of likely N-dealkylation sites (tertiary alicyclic amines) is 1. The Kier molecular flexibility index (Phi) is 6.43. The molecular formula is C26H28N2O2. The van der Waals surface area contributed by atoms with Crippen molar-refractivity contribution in [3.8, 4) is 5.75 Å². The van der Waals surface area contributed by atoms with Crippen molar-refractivity contribution in [3.05, 3.63) is 95.3 Å². The van der Waals surface area contributed by atoms with Gasteiger partial charge in [-0.05, 0) is 36.6 Å². The van der Waals surface area contributed by atoms with Crippen molar-refractivity contribution in [2.45, 2.75) is 31.6 Å². The number of carbonyl (C=O) groups excluding carboxylic acids is 1. The van der Waals surface area contributed by atoms with Gasteiger partial charge in [0.25, 0.3) is 0 Å². The molecule has 3 aromatic rings. The fraction of sp³-hybridized carbons (Fsp3) is 0.308. The van der Waals surface area contributed by atoms with Crippen molar-refractivity contribution in [2.75, 3.05) is 20.2 Å². The molecule has 2 heterocycles. The molecule has 0 aliphatic carbocycles. The highest BCUT2D eigenvalue weighted by Crippen LogP contribution is 2.28. The van der Waals surface area contributed by atoms with Crippen LogP contribution in [0.2, 0.25) is 0 Å². The van der Waals surface area contributed by atoms with Crippen LogP contribution < -0.4 is 4.74 Å². The lowest BCUT2D eigenvalue weighted by Gasteiger charge is -2.32. The fourth-order valence-corrected chi connectivity index (χ4v) is 4.18. The quantitative estimate of drug-likeness (QED) is 0.606. The summed E-state index contributed by atoms with van der Waals surface area (Å²) in [5.41, 5.74) is 4.42. The molecule has 0 atom stereocenters. The van der Waals surface area contributed by atoms with Crippen LogP contribution in [0, 0.1) is 0 Å². The van der Waals surface area contributed by atoms with E-state index < -0.39 is 0 Å². The highest BCUT2D eigenvalue weighted by molar-refractivity contribution is 5.78. The summed E-state index contributed by atoms with van der Waals surface area (Å²) in [6.45, 7) is 1.60. The van der Waals surface area contributed by atoms with Gasteiger partial charge in [0.15, 0.2) is 0 Å². The molecule has 1 aromatic heterocycles. The molecule has 1 aliphatic rings. The van der Waals surface area contributed by atoms with Crippen LogP contribution >= 0.6 is 0 Å². The second-order valence-electron chi connectivity index (χ2n) is 7.86. The summed E-state index contributed by atoms with van der Waals surface area (Å²) in [7, 11) is 1.70. The van der Waals surface area contributed by atoms with Crippen LogP contribution in [0.4, 0.5) is 0 Å². The van der Waals surface area contributed by atoms with Crippen LogP contribution in [-0.4, -0.2) is 36.0 Å². The minimum atomic E-state index is 0.220. The Bertz CT molecular complexity index is 979. The zero-order valence-corrected chi connectivity index (χ0v) is 17.5. The second kappa shape index (κ2) is 9.57. The van der Waals surface area contributed by atoms with Gasteiger partial charge in [-0.25, -0.2) is 0 Å². The summed E-state index contributed by atoms with van der Waals surface area (Å²) in [5.74, 6) is 1.52. The first-order chi connectivity index (χ1) is 14.7. The molecule has 30 heavy (non-hydrogen) atoms. The van der Waals surface area contributed by atoms with E-state index in [0.717, 1.165) is 60.6 Å². The van der Waals surface area contributed by atoms with Gasteiger partial charge in [0, 0.05) is 42.4 Å². The maximum atomic E-state index is 12.6. The van der Waals surface area contributed by atoms with Crippen LogP contribution in [0.25, 0.3) is 0 Å². The lowest BCUT2D eigenvalue weighted by Crippen LogP contribution is -2.38. The number of nitrogens with zero attached hydrogens (tertiary/aromatic N) is 2. The maximum Gasteiger partial charge on any atom is 0.226 e. The van der Waals surface area contributed by atoms with Gasteiger partial charge in [-0.1, -0.05) is 54.6 Å². The number of hydrogen-bond acceptors (Lipinski definition) is 3. The predicted octanol–water partition coefficient (Wildman–Crippen LogP) is 4.63. The van der Waals surface area contributed by atoms with E-state index in [1.54, 1.807) is 7.11 Å². The molecule has 1 aliphatic heterocycles. The van der Waals surface area contributed by atoms with Crippen LogP contribution in [-0.2, 0) is 17.6 Å². The molecule has 154 valence electrons. The van der Waals surface area contributed by atoms with Crippen LogP contribution in [0.1, 0.15) is 41.3 Å². The molecule has 0 radical (unpaired) electrons. The van der Waals surface area contributed by atoms with E-state index in [1.807, 2.05) is 53.4 Å². The summed E-state index contributed by atoms with van der Waals surface area (Å²) >= 11 is 0. The van der Waals surface area contributed by atoms with Gasteiger partial charge in [-0.2, -0.15) is 0 Å². The number of benzene rings is 2. The fourth-order valence-electron chi connectivity index (χ4n) is 4.18. The van der Waals surface area contributed by atoms with E-state index in [-0.39, 0.29) is 5.91 Å². The summed E-state index contributed by atoms with van der Waals surface area (Å²) in [5, 5.41) is 0. The summed E-state index contributed by atoms with van der Waals surface area (Å²) < 4.78 is 5.48. The van der Waals surface area contributed by atoms with Gasteiger partial charge in [0.1, 0.15) is 5.75 Å². The number of carbonyl (C=O) groups is 1. The van der Waals surface area contributed by atoms with Gasteiger partial charge in [-0.3, -0.25) is 9.78 Å². The number of piperidine rings is 1. The average Bonchev–Trinajstić information content (AvgIpc) is 2.80. The number of para-hydroxylation sites is 1. The smallest absolute Gasteiger partial charge is 0.226 e. The third-order valence-corrected chi connectivity index (χ3v) is 5.86. The molecular weight excluding hydrogens is 372 g/mol. The highest BCUT2D eigenvalue weighted by Gasteiger charge is 2.24. The van der Waals surface area contributed by atoms with Gasteiger partial charge in [0.2, 0.25) is 5.91 Å². The minimum absolute atomic E-state index is 0.220. The topological polar surface area (TPSA) is 42.4 Å². The van der Waals surface area contributed by atoms with Gasteiger partial charge >= 0.3 is 0 Å². The van der Waals surface area contributed by atoms with Crippen LogP contribution in [0.15, 0.2) is 72.8 Å². The van der Waals surface area contributed by atoms with Gasteiger partial charge in [0.05, 0.1) is 13.5 Å². The Morgan fingerprint density at radius 1 is 0.967 bits per heavy atom. The van der Waals surface area contributed by atoms with E-state index in [4.69, 9.17) is 9.72 Å². The molecule has 2 aromatic carbocycles. The monoisotopic (exact) mass is 400 g/mol. The first-order valence-electron chi connectivity index (χ1n) is 10.6. The van der Waals surface area contributed by atoms with E-state index in [2.05, 4.69) is 24.3 Å². The van der Waals surface area contributed by atoms with Crippen molar-refractivity contribution in [1.29, 1.82) is 0 Å². The molecule has 4 rings (SSSR count). The SMILES string of the molecule is COc1ccccc1Cc1cccc(C2CCN(C(=O)Cc3ccccc3)CC2)n1. The Labute approximate surface area is 178 Å². The van der Waals surface area contributed by atoms with Crippen molar-refractivity contribution < 1.29 is 9.53 Å². The molecule has 0 saturated carbocycles. The summed E-state index contributed by atoms with van der Waals surface area (Å²) in [6.07, 6.45) is 3.17.